The summed E-state index contributed by atoms with van der Waals surface area (Å²) >= 11 is 3.63. The Bertz CT molecular complexity index is 1040. The van der Waals surface area contributed by atoms with Gasteiger partial charge in [0.1, 0.15) is 25.6 Å². The lowest BCUT2D eigenvalue weighted by molar-refractivity contribution is 0.171. The highest BCUT2D eigenvalue weighted by Crippen LogP contribution is 2.36. The quantitative estimate of drug-likeness (QED) is 0.425. The minimum Gasteiger partial charge on any atom is -0.490 e. The van der Waals surface area contributed by atoms with Gasteiger partial charge in [-0.3, -0.25) is 0 Å². The van der Waals surface area contributed by atoms with Crippen molar-refractivity contribution < 1.29 is 23.3 Å². The molecule has 7 heteroatoms. The van der Waals surface area contributed by atoms with Gasteiger partial charge in [-0.1, -0.05) is 28.1 Å². The number of benzene rings is 3. The maximum absolute atomic E-state index is 13.1. The minimum absolute atomic E-state index is 0.267. The van der Waals surface area contributed by atoms with E-state index in [1.165, 1.54) is 12.1 Å². The van der Waals surface area contributed by atoms with Gasteiger partial charge in [-0.05, 0) is 54.4 Å². The molecule has 4 rings (SSSR count). The molecule has 0 unspecified atom stereocenters. The normalized spacial score (nSPS) is 12.4. The second kappa shape index (κ2) is 9.92. The second-order valence-electron chi connectivity index (χ2n) is 6.95. The van der Waals surface area contributed by atoms with Crippen LogP contribution in [0.3, 0.4) is 0 Å². The largest absolute Gasteiger partial charge is 0.490 e. The Morgan fingerprint density at radius 1 is 0.935 bits per heavy atom. The van der Waals surface area contributed by atoms with Crippen LogP contribution in [0.5, 0.6) is 23.0 Å². The van der Waals surface area contributed by atoms with Crippen molar-refractivity contribution in [3.63, 3.8) is 0 Å². The zero-order valence-corrected chi connectivity index (χ0v) is 18.7. The first kappa shape index (κ1) is 21.3. The Hall–Kier alpha value is -2.93. The fraction of sp³-hybridized carbons (Fsp3) is 0.250. The zero-order chi connectivity index (χ0) is 21.6. The average molecular weight is 488 g/mol. The Labute approximate surface area is 189 Å². The Morgan fingerprint density at radius 2 is 1.68 bits per heavy atom. The minimum atomic E-state index is -0.267. The molecule has 5 nitrogen and oxygen atoms in total. The third-order valence-electron chi connectivity index (χ3n) is 4.75. The number of rotatable bonds is 8. The van der Waals surface area contributed by atoms with Crippen LogP contribution < -0.4 is 24.3 Å². The molecule has 3 aromatic carbocycles. The Morgan fingerprint density at radius 3 is 2.45 bits per heavy atom. The first-order valence-electron chi connectivity index (χ1n) is 10.1. The van der Waals surface area contributed by atoms with E-state index in [9.17, 15) is 4.39 Å². The molecule has 162 valence electrons. The molecule has 0 saturated carbocycles. The van der Waals surface area contributed by atoms with Crippen molar-refractivity contribution in [2.45, 2.75) is 20.1 Å². The number of hydrogen-bond acceptors (Lipinski definition) is 5. The summed E-state index contributed by atoms with van der Waals surface area (Å²) in [5.41, 5.74) is 2.84. The molecule has 0 saturated heterocycles. The summed E-state index contributed by atoms with van der Waals surface area (Å²) in [6, 6.07) is 15.9. The average Bonchev–Trinajstić information content (AvgIpc) is 2.79. The van der Waals surface area contributed by atoms with Gasteiger partial charge in [-0.2, -0.15) is 0 Å². The lowest BCUT2D eigenvalue weighted by Crippen LogP contribution is -2.15. The van der Waals surface area contributed by atoms with E-state index in [0.29, 0.717) is 44.5 Å². The highest BCUT2D eigenvalue weighted by Gasteiger charge is 2.14. The van der Waals surface area contributed by atoms with Gasteiger partial charge in [0.2, 0.25) is 0 Å². The van der Waals surface area contributed by atoms with Crippen LogP contribution in [-0.2, 0) is 13.2 Å². The van der Waals surface area contributed by atoms with E-state index in [1.807, 2.05) is 37.3 Å². The van der Waals surface area contributed by atoms with Crippen molar-refractivity contribution in [2.75, 3.05) is 25.1 Å². The van der Waals surface area contributed by atoms with Gasteiger partial charge in [-0.15, -0.1) is 0 Å². The number of nitrogens with one attached hydrogen (secondary N) is 1. The third kappa shape index (κ3) is 5.41. The molecule has 0 fully saturated rings. The summed E-state index contributed by atoms with van der Waals surface area (Å²) in [5, 5.41) is 3.41. The highest BCUT2D eigenvalue weighted by molar-refractivity contribution is 9.10. The first-order chi connectivity index (χ1) is 15.1. The van der Waals surface area contributed by atoms with Crippen molar-refractivity contribution in [3.05, 3.63) is 76.0 Å². The molecule has 1 aliphatic heterocycles. The highest BCUT2D eigenvalue weighted by atomic mass is 79.9. The Kier molecular flexibility index (Phi) is 6.82. The topological polar surface area (TPSA) is 49.0 Å². The van der Waals surface area contributed by atoms with Gasteiger partial charge in [0, 0.05) is 22.8 Å². The van der Waals surface area contributed by atoms with Gasteiger partial charge in [0.15, 0.2) is 23.0 Å². The number of anilines is 1. The molecular formula is C24H23BrFNO4. The molecule has 31 heavy (non-hydrogen) atoms. The summed E-state index contributed by atoms with van der Waals surface area (Å²) in [5.74, 6) is 2.53. The molecule has 1 N–H and O–H groups in total. The first-order valence-corrected chi connectivity index (χ1v) is 10.9. The van der Waals surface area contributed by atoms with E-state index in [4.69, 9.17) is 18.9 Å². The van der Waals surface area contributed by atoms with Crippen molar-refractivity contribution in [2.24, 2.45) is 0 Å². The predicted molar refractivity (Wildman–Crippen MR) is 121 cm³/mol. The molecule has 0 amide bonds. The molecule has 1 heterocycles. The van der Waals surface area contributed by atoms with E-state index in [2.05, 4.69) is 21.2 Å². The van der Waals surface area contributed by atoms with Gasteiger partial charge in [0.05, 0.1) is 6.61 Å². The number of fused-ring (bicyclic) bond motifs is 1. The molecular weight excluding hydrogens is 465 g/mol. The lowest BCUT2D eigenvalue weighted by Gasteiger charge is -2.19. The number of halogens is 2. The maximum Gasteiger partial charge on any atom is 0.163 e. The van der Waals surface area contributed by atoms with Crippen molar-refractivity contribution in [1.82, 2.24) is 0 Å². The molecule has 0 atom stereocenters. The van der Waals surface area contributed by atoms with Gasteiger partial charge in [-0.25, -0.2) is 4.39 Å². The van der Waals surface area contributed by atoms with Crippen LogP contribution in [0.2, 0.25) is 0 Å². The number of hydrogen-bond donors (Lipinski definition) is 1. The van der Waals surface area contributed by atoms with Gasteiger partial charge in [0.25, 0.3) is 0 Å². The molecule has 3 aromatic rings. The van der Waals surface area contributed by atoms with E-state index < -0.39 is 0 Å². The van der Waals surface area contributed by atoms with Crippen molar-refractivity contribution >= 4 is 21.6 Å². The monoisotopic (exact) mass is 487 g/mol. The molecule has 0 bridgehead atoms. The summed E-state index contributed by atoms with van der Waals surface area (Å²) in [6.45, 7) is 4.48. The Balaban J connectivity index is 1.46. The van der Waals surface area contributed by atoms with E-state index in [0.717, 1.165) is 32.8 Å². The number of ether oxygens (including phenoxy) is 4. The molecule has 1 aliphatic rings. The van der Waals surface area contributed by atoms with Crippen molar-refractivity contribution in [1.29, 1.82) is 0 Å². The fourth-order valence-electron chi connectivity index (χ4n) is 3.19. The molecule has 0 radical (unpaired) electrons. The zero-order valence-electron chi connectivity index (χ0n) is 17.1. The van der Waals surface area contributed by atoms with Gasteiger partial charge >= 0.3 is 0 Å². The van der Waals surface area contributed by atoms with E-state index >= 15 is 0 Å². The summed E-state index contributed by atoms with van der Waals surface area (Å²) < 4.78 is 37.0. The summed E-state index contributed by atoms with van der Waals surface area (Å²) in [6.07, 6.45) is 0. The fourth-order valence-corrected chi connectivity index (χ4v) is 3.65. The standard InChI is InChI=1S/C24H23BrFNO4/c1-2-28-22-11-17(14-27-19-7-8-21-23(12-19)30-10-9-29-21)20(25)13-24(22)31-15-16-3-5-18(26)6-4-16/h3-8,11-13,27H,2,9-10,14-15H2,1H3. The van der Waals surface area contributed by atoms with E-state index in [-0.39, 0.29) is 5.82 Å². The third-order valence-corrected chi connectivity index (χ3v) is 5.48. The van der Waals surface area contributed by atoms with Crippen LogP contribution in [0.1, 0.15) is 18.1 Å². The van der Waals surface area contributed by atoms with Crippen LogP contribution in [0, 0.1) is 5.82 Å². The predicted octanol–water partition coefficient (Wildman–Crippen LogP) is 5.95. The van der Waals surface area contributed by atoms with Crippen molar-refractivity contribution in [3.8, 4) is 23.0 Å². The van der Waals surface area contributed by atoms with E-state index in [1.54, 1.807) is 12.1 Å². The van der Waals surface area contributed by atoms with Crippen LogP contribution in [0.15, 0.2) is 59.1 Å². The van der Waals surface area contributed by atoms with Crippen LogP contribution in [0.4, 0.5) is 10.1 Å². The van der Waals surface area contributed by atoms with Crippen LogP contribution in [0.25, 0.3) is 0 Å². The summed E-state index contributed by atoms with van der Waals surface area (Å²) in [7, 11) is 0. The summed E-state index contributed by atoms with van der Waals surface area (Å²) in [4.78, 5) is 0. The molecule has 0 spiro atoms. The lowest BCUT2D eigenvalue weighted by atomic mass is 10.2. The van der Waals surface area contributed by atoms with Crippen LogP contribution in [-0.4, -0.2) is 19.8 Å². The van der Waals surface area contributed by atoms with Crippen LogP contribution >= 0.6 is 15.9 Å². The molecule has 0 aliphatic carbocycles. The SMILES string of the molecule is CCOc1cc(CNc2ccc3c(c2)OCCO3)c(Br)cc1OCc1ccc(F)cc1. The maximum atomic E-state index is 13.1. The molecule has 0 aromatic heterocycles. The second-order valence-corrected chi connectivity index (χ2v) is 7.80. The smallest absolute Gasteiger partial charge is 0.163 e. The van der Waals surface area contributed by atoms with Gasteiger partial charge < -0.3 is 24.3 Å².